The van der Waals surface area contributed by atoms with E-state index in [4.69, 9.17) is 0 Å². The summed E-state index contributed by atoms with van der Waals surface area (Å²) in [6, 6.07) is -0.296. The van der Waals surface area contributed by atoms with Gasteiger partial charge < -0.3 is 14.9 Å². The number of methoxy groups -OCH3 is 1. The van der Waals surface area contributed by atoms with Gasteiger partial charge in [-0.05, 0) is 18.3 Å². The molecule has 0 aromatic carbocycles. The molecule has 0 amide bonds. The van der Waals surface area contributed by atoms with Crippen molar-refractivity contribution >= 4 is 17.5 Å². The maximum atomic E-state index is 12.5. The Bertz CT molecular complexity index is 515. The smallest absolute Gasteiger partial charge is 0.305 e. The number of Topliss-reactive ketones (excluding diaryl/α,β-unsaturated/α-hetero) is 1. The molecule has 2 N–H and O–H groups in total. The lowest BCUT2D eigenvalue weighted by Crippen LogP contribution is -2.33. The van der Waals surface area contributed by atoms with E-state index in [-0.39, 0.29) is 48.0 Å². The van der Waals surface area contributed by atoms with E-state index in [1.54, 1.807) is 0 Å². The largest absolute Gasteiger partial charge is 0.511 e. The van der Waals surface area contributed by atoms with Crippen LogP contribution in [0.15, 0.2) is 16.3 Å². The van der Waals surface area contributed by atoms with Crippen LogP contribution in [0.1, 0.15) is 52.9 Å². The number of nitrogens with zero attached hydrogens (tertiary/aromatic N) is 1. The average Bonchev–Trinajstić information content (AvgIpc) is 2.48. The molecule has 1 atom stereocenters. The monoisotopic (exact) mass is 325 g/mol. The van der Waals surface area contributed by atoms with Gasteiger partial charge in [0.05, 0.1) is 31.8 Å². The highest BCUT2D eigenvalue weighted by atomic mass is 16.5. The first-order chi connectivity index (χ1) is 10.7. The zero-order valence-corrected chi connectivity index (χ0v) is 14.4. The fourth-order valence-corrected chi connectivity index (χ4v) is 2.65. The van der Waals surface area contributed by atoms with Crippen LogP contribution in [-0.2, 0) is 14.3 Å². The van der Waals surface area contributed by atoms with Crippen LogP contribution >= 0.6 is 0 Å². The normalized spacial score (nSPS) is 22.8. The van der Waals surface area contributed by atoms with E-state index in [9.17, 15) is 19.8 Å². The number of allylic oxidation sites excluding steroid dienone is 2. The summed E-state index contributed by atoms with van der Waals surface area (Å²) in [6.45, 7) is 5.75. The zero-order valence-electron chi connectivity index (χ0n) is 14.4. The van der Waals surface area contributed by atoms with Crippen LogP contribution in [0.2, 0.25) is 0 Å². The highest BCUT2D eigenvalue weighted by Gasteiger charge is 2.36. The molecule has 0 bridgehead atoms. The molecule has 6 nitrogen and oxygen atoms in total. The van der Waals surface area contributed by atoms with Crippen molar-refractivity contribution in [2.24, 2.45) is 10.4 Å². The van der Waals surface area contributed by atoms with E-state index in [1.165, 1.54) is 7.11 Å². The standard InChI is InChI=1S/C17H27NO5/c1-5-11(10-19)18-12-8-17(2,3)9-14(21)16(12)13(20)6-7-15(22)23-4/h11,19-20H,5-10H2,1-4H3. The molecular formula is C17H27NO5. The molecule has 23 heavy (non-hydrogen) atoms. The molecule has 1 aliphatic carbocycles. The summed E-state index contributed by atoms with van der Waals surface area (Å²) in [7, 11) is 1.28. The molecule has 1 unspecified atom stereocenters. The Kier molecular flexibility index (Phi) is 6.94. The summed E-state index contributed by atoms with van der Waals surface area (Å²) in [5.74, 6) is -0.737. The van der Waals surface area contributed by atoms with Crippen molar-refractivity contribution in [2.45, 2.75) is 58.9 Å². The van der Waals surface area contributed by atoms with Crippen molar-refractivity contribution in [1.29, 1.82) is 0 Å². The fraction of sp³-hybridized carbons (Fsp3) is 0.706. The van der Waals surface area contributed by atoms with Crippen LogP contribution in [0.25, 0.3) is 0 Å². The average molecular weight is 325 g/mol. The third-order valence-corrected chi connectivity index (χ3v) is 3.96. The van der Waals surface area contributed by atoms with E-state index in [1.807, 2.05) is 20.8 Å². The Morgan fingerprint density at radius 3 is 2.52 bits per heavy atom. The number of aliphatic hydroxyl groups is 2. The number of carbonyl (C=O) groups excluding carboxylic acids is 2. The molecule has 1 aliphatic rings. The number of rotatable bonds is 6. The third-order valence-electron chi connectivity index (χ3n) is 3.96. The number of esters is 1. The van der Waals surface area contributed by atoms with Crippen LogP contribution < -0.4 is 0 Å². The number of aliphatic hydroxyl groups excluding tert-OH is 2. The molecule has 0 heterocycles. The Morgan fingerprint density at radius 1 is 1.35 bits per heavy atom. The minimum absolute atomic E-state index is 0.00694. The molecule has 1 rings (SSSR count). The number of hydrogen-bond donors (Lipinski definition) is 2. The lowest BCUT2D eigenvalue weighted by Gasteiger charge is -2.32. The Hall–Kier alpha value is -1.69. The molecule has 0 aromatic rings. The van der Waals surface area contributed by atoms with Crippen LogP contribution in [0.4, 0.5) is 0 Å². The number of aliphatic imine (C=N–C) groups is 1. The van der Waals surface area contributed by atoms with Gasteiger partial charge in [-0.25, -0.2) is 0 Å². The van der Waals surface area contributed by atoms with Gasteiger partial charge in [0.15, 0.2) is 5.78 Å². The van der Waals surface area contributed by atoms with Crippen molar-refractivity contribution in [1.82, 2.24) is 0 Å². The topological polar surface area (TPSA) is 96.2 Å². The predicted octanol–water partition coefficient (Wildman–Crippen LogP) is 2.35. The van der Waals surface area contributed by atoms with Crippen molar-refractivity contribution in [3.8, 4) is 0 Å². The quantitative estimate of drug-likeness (QED) is 0.444. The molecule has 130 valence electrons. The van der Waals surface area contributed by atoms with Crippen molar-refractivity contribution < 1.29 is 24.5 Å². The number of hydrogen-bond acceptors (Lipinski definition) is 6. The molecule has 0 aliphatic heterocycles. The summed E-state index contributed by atoms with van der Waals surface area (Å²) in [6.07, 6.45) is 1.56. The Balaban J connectivity index is 3.16. The minimum Gasteiger partial charge on any atom is -0.511 e. The maximum Gasteiger partial charge on any atom is 0.305 e. The molecule has 0 spiro atoms. The van der Waals surface area contributed by atoms with Crippen LogP contribution in [0, 0.1) is 5.41 Å². The lowest BCUT2D eigenvalue weighted by molar-refractivity contribution is -0.140. The van der Waals surface area contributed by atoms with Crippen molar-refractivity contribution in [3.63, 3.8) is 0 Å². The van der Waals surface area contributed by atoms with Gasteiger partial charge in [0.2, 0.25) is 0 Å². The Labute approximate surface area is 137 Å². The summed E-state index contributed by atoms with van der Waals surface area (Å²) in [4.78, 5) is 28.2. The maximum absolute atomic E-state index is 12.5. The van der Waals surface area contributed by atoms with E-state index >= 15 is 0 Å². The van der Waals surface area contributed by atoms with Gasteiger partial charge in [-0.2, -0.15) is 0 Å². The second-order valence-corrected chi connectivity index (χ2v) is 6.66. The van der Waals surface area contributed by atoms with Crippen molar-refractivity contribution in [2.75, 3.05) is 13.7 Å². The molecule has 6 heteroatoms. The second kappa shape index (κ2) is 8.24. The molecule has 0 aromatic heterocycles. The second-order valence-electron chi connectivity index (χ2n) is 6.66. The summed E-state index contributed by atoms with van der Waals surface area (Å²) < 4.78 is 4.55. The summed E-state index contributed by atoms with van der Waals surface area (Å²) in [5.41, 5.74) is 0.491. The first kappa shape index (κ1) is 19.4. The van der Waals surface area contributed by atoms with Gasteiger partial charge in [-0.3, -0.25) is 14.6 Å². The number of ketones is 1. The summed E-state index contributed by atoms with van der Waals surface area (Å²) >= 11 is 0. The first-order valence-corrected chi connectivity index (χ1v) is 7.94. The highest BCUT2D eigenvalue weighted by Crippen LogP contribution is 2.36. The molecular weight excluding hydrogens is 298 g/mol. The highest BCUT2D eigenvalue weighted by molar-refractivity contribution is 6.24. The van der Waals surface area contributed by atoms with Crippen LogP contribution in [0.5, 0.6) is 0 Å². The summed E-state index contributed by atoms with van der Waals surface area (Å²) in [5, 5.41) is 19.6. The molecule has 1 saturated carbocycles. The number of ether oxygens (including phenoxy) is 1. The SMILES string of the molecule is CCC(CO)N=C1CC(C)(C)CC(=O)C1=C(O)CCC(=O)OC. The van der Waals surface area contributed by atoms with E-state index in [0.29, 0.717) is 25.0 Å². The lowest BCUT2D eigenvalue weighted by atomic mass is 9.73. The van der Waals surface area contributed by atoms with Gasteiger partial charge in [0.1, 0.15) is 5.76 Å². The van der Waals surface area contributed by atoms with Crippen LogP contribution in [0.3, 0.4) is 0 Å². The van der Waals surface area contributed by atoms with Gasteiger partial charge in [-0.15, -0.1) is 0 Å². The Morgan fingerprint density at radius 2 is 2.00 bits per heavy atom. The van der Waals surface area contributed by atoms with Crippen molar-refractivity contribution in [3.05, 3.63) is 11.3 Å². The van der Waals surface area contributed by atoms with Gasteiger partial charge in [0, 0.05) is 18.6 Å². The van der Waals surface area contributed by atoms with E-state index < -0.39 is 5.97 Å². The number of carbonyl (C=O) groups is 2. The third kappa shape index (κ3) is 5.46. The van der Waals surface area contributed by atoms with Crippen LogP contribution in [-0.4, -0.2) is 47.4 Å². The molecule has 0 saturated heterocycles. The molecule has 1 fully saturated rings. The first-order valence-electron chi connectivity index (χ1n) is 7.94. The van der Waals surface area contributed by atoms with Gasteiger partial charge in [-0.1, -0.05) is 20.8 Å². The molecule has 0 radical (unpaired) electrons. The predicted molar refractivity (Wildman–Crippen MR) is 87.5 cm³/mol. The van der Waals surface area contributed by atoms with E-state index in [2.05, 4.69) is 9.73 Å². The van der Waals surface area contributed by atoms with Gasteiger partial charge >= 0.3 is 5.97 Å². The zero-order chi connectivity index (χ0) is 17.6. The fourth-order valence-electron chi connectivity index (χ4n) is 2.65. The van der Waals surface area contributed by atoms with Gasteiger partial charge in [0.25, 0.3) is 0 Å². The minimum atomic E-state index is -0.444. The van der Waals surface area contributed by atoms with E-state index in [0.717, 1.165) is 0 Å².